The highest BCUT2D eigenvalue weighted by molar-refractivity contribution is 5.90. The van der Waals surface area contributed by atoms with Crippen molar-refractivity contribution in [1.29, 1.82) is 0 Å². The normalized spacial score (nSPS) is 34.4. The summed E-state index contributed by atoms with van der Waals surface area (Å²) in [6, 6.07) is 11.7. The fourth-order valence-electron chi connectivity index (χ4n) is 7.67. The van der Waals surface area contributed by atoms with Gasteiger partial charge < -0.3 is 23.7 Å². The molecule has 1 aromatic heterocycles. The lowest BCUT2D eigenvalue weighted by Crippen LogP contribution is -2.76. The predicted molar refractivity (Wildman–Crippen MR) is 148 cm³/mol. The fourth-order valence-corrected chi connectivity index (χ4v) is 7.67. The number of pyridine rings is 1. The number of carbonyl (C=O) groups excluding carboxylic acids is 4. The lowest BCUT2D eigenvalue weighted by atomic mass is 9.48. The van der Waals surface area contributed by atoms with E-state index in [4.69, 9.17) is 23.7 Å². The molecule has 0 amide bonds. The fraction of sp³-hybridized carbons (Fsp3) is 0.531. The standard InChI is InChI=1S/C32H37NO9/c1-18-14-15-23(40-29(37)22-13-10-16-33-17-22)31(6)27(41-28(36)21-11-8-7-9-12-21)25(38-19(2)34)24-26(39-20(3)35)32(18,31)42-30(24,4)5/h7-13,16-18,23-27H,14-15H2,1-6H3/t18-,23-,24+,25-,26-,27+,31-,32+/m1/s1. The molecule has 1 spiro atoms. The molecule has 2 heterocycles. The Balaban J connectivity index is 1.70. The Bertz CT molecular complexity index is 1360. The van der Waals surface area contributed by atoms with Crippen molar-refractivity contribution in [3.05, 3.63) is 66.0 Å². The number of nitrogens with zero attached hydrogens (tertiary/aromatic N) is 1. The minimum atomic E-state index is -1.32. The Morgan fingerprint density at radius 1 is 0.810 bits per heavy atom. The molecule has 10 nitrogen and oxygen atoms in total. The van der Waals surface area contributed by atoms with E-state index in [9.17, 15) is 19.2 Å². The van der Waals surface area contributed by atoms with E-state index in [1.807, 2.05) is 27.7 Å². The molecule has 0 unspecified atom stereocenters. The summed E-state index contributed by atoms with van der Waals surface area (Å²) in [4.78, 5) is 56.3. The maximum absolute atomic E-state index is 13.6. The number of benzene rings is 1. The van der Waals surface area contributed by atoms with Crippen molar-refractivity contribution in [3.8, 4) is 0 Å². The molecule has 0 radical (unpaired) electrons. The van der Waals surface area contributed by atoms with Gasteiger partial charge >= 0.3 is 23.9 Å². The lowest BCUT2D eigenvalue weighted by molar-refractivity contribution is -0.296. The molecule has 2 aromatic rings. The molecule has 8 atom stereocenters. The topological polar surface area (TPSA) is 127 Å². The first-order valence-electron chi connectivity index (χ1n) is 14.2. The molecule has 1 saturated heterocycles. The SMILES string of the molecule is CC(=O)O[C@@H]1[C@H]2[C@@H](OC(C)=O)[C@@]3(OC2(C)C)[C@H](C)CC[C@@H](OC(=O)c2cccnc2)[C@]3(C)[C@H]1OC(=O)c1ccccc1. The first-order chi connectivity index (χ1) is 19.8. The molecular formula is C32H37NO9. The van der Waals surface area contributed by atoms with Gasteiger partial charge in [-0.05, 0) is 63.8 Å². The van der Waals surface area contributed by atoms with Crippen molar-refractivity contribution < 1.29 is 42.9 Å². The largest absolute Gasteiger partial charge is 0.459 e. The van der Waals surface area contributed by atoms with Crippen LogP contribution in [0, 0.1) is 17.3 Å². The second kappa shape index (κ2) is 10.8. The molecule has 1 aromatic carbocycles. The van der Waals surface area contributed by atoms with Gasteiger partial charge in [0, 0.05) is 26.2 Å². The zero-order valence-electron chi connectivity index (χ0n) is 24.7. The van der Waals surface area contributed by atoms with Crippen LogP contribution < -0.4 is 0 Å². The highest BCUT2D eigenvalue weighted by Crippen LogP contribution is 2.68. The van der Waals surface area contributed by atoms with Gasteiger partial charge in [0.2, 0.25) is 0 Å². The van der Waals surface area contributed by atoms with Crippen LogP contribution in [0.25, 0.3) is 0 Å². The van der Waals surface area contributed by atoms with Crippen molar-refractivity contribution in [1.82, 2.24) is 4.98 Å². The molecular weight excluding hydrogens is 542 g/mol. The van der Waals surface area contributed by atoms with E-state index in [1.54, 1.807) is 48.7 Å². The molecule has 3 fully saturated rings. The highest BCUT2D eigenvalue weighted by Gasteiger charge is 2.82. The summed E-state index contributed by atoms with van der Waals surface area (Å²) < 4.78 is 31.5. The Morgan fingerprint density at radius 3 is 2.07 bits per heavy atom. The van der Waals surface area contributed by atoms with E-state index in [0.717, 1.165) is 0 Å². The summed E-state index contributed by atoms with van der Waals surface area (Å²) in [5, 5.41) is 0. The summed E-state index contributed by atoms with van der Waals surface area (Å²) in [7, 11) is 0. The van der Waals surface area contributed by atoms with Crippen LogP contribution in [-0.2, 0) is 33.3 Å². The second-order valence-electron chi connectivity index (χ2n) is 12.2. The van der Waals surface area contributed by atoms with Gasteiger partial charge in [0.1, 0.15) is 23.9 Å². The zero-order chi connectivity index (χ0) is 30.4. The Kier molecular flexibility index (Phi) is 7.64. The summed E-state index contributed by atoms with van der Waals surface area (Å²) >= 11 is 0. The van der Waals surface area contributed by atoms with E-state index >= 15 is 0 Å². The van der Waals surface area contributed by atoms with Crippen LogP contribution in [-0.4, -0.2) is 64.5 Å². The number of ether oxygens (including phenoxy) is 5. The molecule has 1 aliphatic heterocycles. The van der Waals surface area contributed by atoms with Crippen molar-refractivity contribution in [2.45, 2.75) is 90.0 Å². The minimum Gasteiger partial charge on any atom is -0.459 e. The Labute approximate surface area is 245 Å². The number of hydrogen-bond donors (Lipinski definition) is 0. The van der Waals surface area contributed by atoms with Gasteiger partial charge in [0.05, 0.1) is 28.1 Å². The molecule has 2 aliphatic carbocycles. The summed E-state index contributed by atoms with van der Waals surface area (Å²) in [6.07, 6.45) is -0.0346. The average molecular weight is 580 g/mol. The zero-order valence-corrected chi connectivity index (χ0v) is 24.7. The van der Waals surface area contributed by atoms with Crippen LogP contribution in [0.5, 0.6) is 0 Å². The van der Waals surface area contributed by atoms with Crippen LogP contribution in [0.2, 0.25) is 0 Å². The number of carbonyl (C=O) groups is 4. The molecule has 224 valence electrons. The average Bonchev–Trinajstić information content (AvgIpc) is 3.14. The number of fused-ring (bicyclic) bond motifs is 1. The number of aromatic nitrogens is 1. The van der Waals surface area contributed by atoms with E-state index in [2.05, 4.69) is 4.98 Å². The van der Waals surface area contributed by atoms with Gasteiger partial charge in [0.15, 0.2) is 6.10 Å². The summed E-state index contributed by atoms with van der Waals surface area (Å²) in [5.74, 6) is -3.29. The molecule has 42 heavy (non-hydrogen) atoms. The van der Waals surface area contributed by atoms with Gasteiger partial charge in [-0.3, -0.25) is 14.6 Å². The summed E-state index contributed by atoms with van der Waals surface area (Å²) in [6.45, 7) is 10.1. The monoisotopic (exact) mass is 579 g/mol. The van der Waals surface area contributed by atoms with Gasteiger partial charge in [0.25, 0.3) is 0 Å². The molecule has 2 bridgehead atoms. The van der Waals surface area contributed by atoms with E-state index in [-0.39, 0.29) is 11.5 Å². The third-order valence-corrected chi connectivity index (χ3v) is 9.32. The summed E-state index contributed by atoms with van der Waals surface area (Å²) in [5.41, 5.74) is -3.01. The van der Waals surface area contributed by atoms with Crippen LogP contribution >= 0.6 is 0 Å². The third kappa shape index (κ3) is 4.65. The lowest BCUT2D eigenvalue weighted by Gasteiger charge is -2.62. The van der Waals surface area contributed by atoms with Crippen molar-refractivity contribution in [2.75, 3.05) is 0 Å². The van der Waals surface area contributed by atoms with Gasteiger partial charge in [-0.1, -0.05) is 25.1 Å². The quantitative estimate of drug-likeness (QED) is 0.361. The third-order valence-electron chi connectivity index (χ3n) is 9.32. The van der Waals surface area contributed by atoms with Gasteiger partial charge in [-0.2, -0.15) is 0 Å². The minimum absolute atomic E-state index is 0.222. The van der Waals surface area contributed by atoms with Crippen LogP contribution in [0.4, 0.5) is 0 Å². The van der Waals surface area contributed by atoms with Crippen molar-refractivity contribution in [3.63, 3.8) is 0 Å². The number of rotatable bonds is 6. The maximum Gasteiger partial charge on any atom is 0.339 e. The second-order valence-corrected chi connectivity index (χ2v) is 12.2. The molecule has 3 aliphatic rings. The predicted octanol–water partition coefficient (Wildman–Crippen LogP) is 4.31. The first-order valence-corrected chi connectivity index (χ1v) is 14.2. The van der Waals surface area contributed by atoms with E-state index in [0.29, 0.717) is 18.4 Å². The van der Waals surface area contributed by atoms with Crippen molar-refractivity contribution >= 4 is 23.9 Å². The van der Waals surface area contributed by atoms with Crippen LogP contribution in [0.15, 0.2) is 54.9 Å². The van der Waals surface area contributed by atoms with Gasteiger partial charge in [-0.25, -0.2) is 9.59 Å². The Morgan fingerprint density at radius 2 is 1.45 bits per heavy atom. The molecule has 0 N–H and O–H groups in total. The Hall–Kier alpha value is -3.79. The van der Waals surface area contributed by atoms with E-state index in [1.165, 1.54) is 20.0 Å². The molecule has 10 heteroatoms. The van der Waals surface area contributed by atoms with Crippen molar-refractivity contribution in [2.24, 2.45) is 17.3 Å². The smallest absolute Gasteiger partial charge is 0.339 e. The van der Waals surface area contributed by atoms with Crippen LogP contribution in [0.3, 0.4) is 0 Å². The highest BCUT2D eigenvalue weighted by atomic mass is 16.6. The van der Waals surface area contributed by atoms with E-state index < -0.39 is 70.8 Å². The maximum atomic E-state index is 13.6. The van der Waals surface area contributed by atoms with Gasteiger partial charge in [-0.15, -0.1) is 0 Å². The molecule has 5 rings (SSSR count). The number of esters is 4. The first kappa shape index (κ1) is 29.7. The van der Waals surface area contributed by atoms with Crippen LogP contribution in [0.1, 0.15) is 75.1 Å². The number of hydrogen-bond acceptors (Lipinski definition) is 10. The molecule has 2 saturated carbocycles.